The Hall–Kier alpha value is -3.47. The number of amides is 2. The Labute approximate surface area is 222 Å². The molecule has 198 valence electrons. The second kappa shape index (κ2) is 12.7. The van der Waals surface area contributed by atoms with E-state index in [9.17, 15) is 4.79 Å². The van der Waals surface area contributed by atoms with Crippen molar-refractivity contribution < 1.29 is 14.3 Å². The van der Waals surface area contributed by atoms with Gasteiger partial charge in [0.05, 0.1) is 20.8 Å². The summed E-state index contributed by atoms with van der Waals surface area (Å²) in [6.45, 7) is 13.4. The molecule has 0 aromatic heterocycles. The van der Waals surface area contributed by atoms with Crippen molar-refractivity contribution in [3.05, 3.63) is 88.7 Å². The van der Waals surface area contributed by atoms with E-state index in [1.807, 2.05) is 30.3 Å². The molecule has 2 aromatic carbocycles. The standard InChI is InChI=1S/C32H42N2O3/c1-21(2)24-12-15-27(16-13-24)34(20-26-14-17-28(36-7)19-31(26)37-8)32(35)33-30-18-25(22(3)4)10-9-11-29(30)23(5)6/h9-17,19,21-23H,18,20H2,1-8H3,(H,33,35). The molecule has 0 spiro atoms. The number of hydrogen-bond acceptors (Lipinski definition) is 3. The first-order valence-electron chi connectivity index (χ1n) is 13.1. The van der Waals surface area contributed by atoms with Gasteiger partial charge in [0, 0.05) is 29.4 Å². The fourth-order valence-corrected chi connectivity index (χ4v) is 4.46. The van der Waals surface area contributed by atoms with Crippen molar-refractivity contribution in [1.82, 2.24) is 5.32 Å². The summed E-state index contributed by atoms with van der Waals surface area (Å²) in [6, 6.07) is 13.8. The van der Waals surface area contributed by atoms with Crippen LogP contribution in [0.3, 0.4) is 0 Å². The molecule has 2 amide bonds. The van der Waals surface area contributed by atoms with E-state index in [0.717, 1.165) is 28.9 Å². The van der Waals surface area contributed by atoms with E-state index in [4.69, 9.17) is 9.47 Å². The Morgan fingerprint density at radius 3 is 2.19 bits per heavy atom. The van der Waals surface area contributed by atoms with Gasteiger partial charge in [-0.15, -0.1) is 0 Å². The van der Waals surface area contributed by atoms with Crippen LogP contribution in [0.25, 0.3) is 0 Å². The lowest BCUT2D eigenvalue weighted by atomic mass is 9.95. The second-order valence-electron chi connectivity index (χ2n) is 10.5. The van der Waals surface area contributed by atoms with Crippen LogP contribution >= 0.6 is 0 Å². The summed E-state index contributed by atoms with van der Waals surface area (Å²) in [7, 11) is 3.27. The average Bonchev–Trinajstić information content (AvgIpc) is 3.10. The van der Waals surface area contributed by atoms with E-state index in [1.165, 1.54) is 11.1 Å². The van der Waals surface area contributed by atoms with Crippen molar-refractivity contribution in [2.75, 3.05) is 19.1 Å². The molecule has 0 fully saturated rings. The van der Waals surface area contributed by atoms with Crippen LogP contribution in [-0.2, 0) is 6.54 Å². The molecule has 0 aliphatic heterocycles. The molecule has 0 saturated carbocycles. The molecule has 2 aromatic rings. The number of nitrogens with one attached hydrogen (secondary N) is 1. The highest BCUT2D eigenvalue weighted by atomic mass is 16.5. The van der Waals surface area contributed by atoms with E-state index in [0.29, 0.717) is 29.9 Å². The lowest BCUT2D eigenvalue weighted by Crippen LogP contribution is -2.40. The van der Waals surface area contributed by atoms with Crippen LogP contribution in [0.4, 0.5) is 10.5 Å². The van der Waals surface area contributed by atoms with Crippen LogP contribution < -0.4 is 19.7 Å². The summed E-state index contributed by atoms with van der Waals surface area (Å²) in [6.07, 6.45) is 7.13. The number of methoxy groups -OCH3 is 2. The Bertz CT molecular complexity index is 1170. The van der Waals surface area contributed by atoms with Crippen molar-refractivity contribution in [3.63, 3.8) is 0 Å². The van der Waals surface area contributed by atoms with Gasteiger partial charge in [-0.2, -0.15) is 0 Å². The Kier molecular flexibility index (Phi) is 9.62. The minimum atomic E-state index is -0.165. The van der Waals surface area contributed by atoms with Gasteiger partial charge in [0.1, 0.15) is 11.5 Å². The predicted molar refractivity (Wildman–Crippen MR) is 153 cm³/mol. The highest BCUT2D eigenvalue weighted by Crippen LogP contribution is 2.30. The maximum Gasteiger partial charge on any atom is 0.326 e. The Morgan fingerprint density at radius 2 is 1.62 bits per heavy atom. The van der Waals surface area contributed by atoms with Crippen molar-refractivity contribution in [3.8, 4) is 11.5 Å². The van der Waals surface area contributed by atoms with E-state index in [1.54, 1.807) is 19.1 Å². The van der Waals surface area contributed by atoms with Gasteiger partial charge in [0.15, 0.2) is 0 Å². The largest absolute Gasteiger partial charge is 0.497 e. The summed E-state index contributed by atoms with van der Waals surface area (Å²) in [5, 5.41) is 3.30. The van der Waals surface area contributed by atoms with Gasteiger partial charge in [-0.3, -0.25) is 4.90 Å². The smallest absolute Gasteiger partial charge is 0.326 e. The molecule has 0 atom stereocenters. The van der Waals surface area contributed by atoms with Crippen molar-refractivity contribution in [2.24, 2.45) is 11.8 Å². The monoisotopic (exact) mass is 502 g/mol. The van der Waals surface area contributed by atoms with Gasteiger partial charge in [0.2, 0.25) is 0 Å². The van der Waals surface area contributed by atoms with E-state index in [2.05, 4.69) is 77.2 Å². The van der Waals surface area contributed by atoms with Gasteiger partial charge in [-0.05, 0) is 53.2 Å². The van der Waals surface area contributed by atoms with Gasteiger partial charge in [0.25, 0.3) is 0 Å². The summed E-state index contributed by atoms with van der Waals surface area (Å²) in [4.78, 5) is 15.8. The number of rotatable bonds is 9. The normalized spacial score (nSPS) is 13.6. The van der Waals surface area contributed by atoms with Gasteiger partial charge in [-0.25, -0.2) is 4.79 Å². The van der Waals surface area contributed by atoms with Crippen molar-refractivity contribution in [1.29, 1.82) is 0 Å². The van der Waals surface area contributed by atoms with Gasteiger partial charge in [-0.1, -0.05) is 77.5 Å². The van der Waals surface area contributed by atoms with E-state index < -0.39 is 0 Å². The number of benzene rings is 2. The average molecular weight is 503 g/mol. The first-order chi connectivity index (χ1) is 17.6. The Balaban J connectivity index is 2.01. The summed E-state index contributed by atoms with van der Waals surface area (Å²) in [5.41, 5.74) is 6.36. The minimum Gasteiger partial charge on any atom is -0.497 e. The molecule has 1 N–H and O–H groups in total. The fraction of sp³-hybridized carbons (Fsp3) is 0.406. The minimum absolute atomic E-state index is 0.165. The van der Waals surface area contributed by atoms with Crippen LogP contribution in [0.1, 0.15) is 65.0 Å². The summed E-state index contributed by atoms with van der Waals surface area (Å²) in [5.74, 6) is 2.48. The zero-order valence-corrected chi connectivity index (χ0v) is 23.6. The first-order valence-corrected chi connectivity index (χ1v) is 13.1. The van der Waals surface area contributed by atoms with Gasteiger partial charge < -0.3 is 14.8 Å². The molecule has 0 radical (unpaired) electrons. The van der Waals surface area contributed by atoms with Crippen LogP contribution in [0.15, 0.2) is 77.5 Å². The van der Waals surface area contributed by atoms with Crippen LogP contribution in [0.5, 0.6) is 11.5 Å². The highest BCUT2D eigenvalue weighted by molar-refractivity contribution is 5.93. The quantitative estimate of drug-likeness (QED) is 0.378. The number of carbonyl (C=O) groups excluding carboxylic acids is 1. The zero-order chi connectivity index (χ0) is 27.1. The maximum absolute atomic E-state index is 14.0. The fourth-order valence-electron chi connectivity index (χ4n) is 4.46. The number of nitrogens with zero attached hydrogens (tertiary/aromatic N) is 1. The van der Waals surface area contributed by atoms with Gasteiger partial charge >= 0.3 is 6.03 Å². The third-order valence-electron chi connectivity index (χ3n) is 6.88. The maximum atomic E-state index is 14.0. The number of allylic oxidation sites excluding steroid dienone is 5. The molecule has 3 rings (SSSR count). The topological polar surface area (TPSA) is 50.8 Å². The Morgan fingerprint density at radius 1 is 0.919 bits per heavy atom. The summed E-state index contributed by atoms with van der Waals surface area (Å²) < 4.78 is 11.0. The van der Waals surface area contributed by atoms with Crippen LogP contribution in [0, 0.1) is 11.8 Å². The molecule has 0 saturated heterocycles. The van der Waals surface area contributed by atoms with Crippen LogP contribution in [0.2, 0.25) is 0 Å². The molecule has 37 heavy (non-hydrogen) atoms. The highest BCUT2D eigenvalue weighted by Gasteiger charge is 2.23. The SMILES string of the molecule is COc1ccc(CN(C(=O)NC2=C(C(C)C)C=CC=C(C(C)C)C2)c2ccc(C(C)C)cc2)c(OC)c1. The summed E-state index contributed by atoms with van der Waals surface area (Å²) >= 11 is 0. The lowest BCUT2D eigenvalue weighted by molar-refractivity contribution is 0.248. The molecule has 0 heterocycles. The third-order valence-corrected chi connectivity index (χ3v) is 6.88. The van der Waals surface area contributed by atoms with Crippen molar-refractivity contribution in [2.45, 2.75) is 60.4 Å². The zero-order valence-electron chi connectivity index (χ0n) is 23.6. The lowest BCUT2D eigenvalue weighted by Gasteiger charge is -2.27. The number of hydrogen-bond donors (Lipinski definition) is 1. The molecule has 5 nitrogen and oxygen atoms in total. The second-order valence-corrected chi connectivity index (χ2v) is 10.5. The predicted octanol–water partition coefficient (Wildman–Crippen LogP) is 8.00. The molecule has 0 unspecified atom stereocenters. The molecule has 0 bridgehead atoms. The van der Waals surface area contributed by atoms with E-state index >= 15 is 0 Å². The molecule has 1 aliphatic carbocycles. The number of carbonyl (C=O) groups is 1. The van der Waals surface area contributed by atoms with Crippen molar-refractivity contribution >= 4 is 11.7 Å². The number of ether oxygens (including phenoxy) is 2. The number of urea groups is 1. The van der Waals surface area contributed by atoms with Crippen LogP contribution in [-0.4, -0.2) is 20.3 Å². The molecular formula is C32H42N2O3. The molecular weight excluding hydrogens is 460 g/mol. The third kappa shape index (κ3) is 7.06. The first kappa shape index (κ1) is 28.1. The molecule has 1 aliphatic rings. The number of anilines is 1. The molecule has 5 heteroatoms. The van der Waals surface area contributed by atoms with E-state index in [-0.39, 0.29) is 11.9 Å².